The first-order valence-corrected chi connectivity index (χ1v) is 7.28. The lowest BCUT2D eigenvalue weighted by molar-refractivity contribution is 0.483. The minimum atomic E-state index is 0.143. The first-order valence-electron chi connectivity index (χ1n) is 6.49. The van der Waals surface area contributed by atoms with Gasteiger partial charge in [0.15, 0.2) is 0 Å². The van der Waals surface area contributed by atoms with E-state index in [-0.39, 0.29) is 5.75 Å². The zero-order valence-electron chi connectivity index (χ0n) is 11.3. The Morgan fingerprint density at radius 2 is 1.55 bits per heavy atom. The largest absolute Gasteiger partial charge is 0.507 e. The highest BCUT2D eigenvalue weighted by molar-refractivity contribution is 9.10. The number of hydrogen-bond acceptors (Lipinski definition) is 3. The van der Waals surface area contributed by atoms with Gasteiger partial charge in [-0.15, -0.1) is 0 Å². The fourth-order valence-corrected chi connectivity index (χ4v) is 2.81. The summed E-state index contributed by atoms with van der Waals surface area (Å²) in [4.78, 5) is 0. The molecule has 0 fully saturated rings. The van der Waals surface area contributed by atoms with E-state index < -0.39 is 0 Å². The number of nitriles is 2. The van der Waals surface area contributed by atoms with Crippen LogP contribution in [0.3, 0.4) is 0 Å². The Kier molecular flexibility index (Phi) is 3.55. The van der Waals surface area contributed by atoms with Crippen LogP contribution < -0.4 is 0 Å². The highest BCUT2D eigenvalue weighted by atomic mass is 79.9. The van der Waals surface area contributed by atoms with Gasteiger partial charge in [-0.2, -0.15) is 10.5 Å². The van der Waals surface area contributed by atoms with Crippen molar-refractivity contribution >= 4 is 26.7 Å². The van der Waals surface area contributed by atoms with Crippen molar-refractivity contribution in [3.63, 3.8) is 0 Å². The molecule has 3 rings (SSSR count). The second kappa shape index (κ2) is 5.52. The van der Waals surface area contributed by atoms with Crippen LogP contribution in [-0.4, -0.2) is 5.11 Å². The Morgan fingerprint density at radius 1 is 0.864 bits per heavy atom. The molecule has 0 amide bonds. The number of benzene rings is 3. The molecule has 3 aromatic carbocycles. The van der Waals surface area contributed by atoms with E-state index in [9.17, 15) is 5.11 Å². The van der Waals surface area contributed by atoms with Crippen LogP contribution in [-0.2, 0) is 0 Å². The van der Waals surface area contributed by atoms with Gasteiger partial charge in [-0.1, -0.05) is 28.1 Å². The molecule has 0 radical (unpaired) electrons. The average Bonchev–Trinajstić information content (AvgIpc) is 2.54. The molecule has 104 valence electrons. The molecule has 0 saturated heterocycles. The molecule has 0 aliphatic carbocycles. The topological polar surface area (TPSA) is 67.8 Å². The van der Waals surface area contributed by atoms with Crippen molar-refractivity contribution in [3.05, 3.63) is 64.1 Å². The number of fused-ring (bicyclic) bond motifs is 1. The second-order valence-electron chi connectivity index (χ2n) is 4.85. The van der Waals surface area contributed by atoms with Gasteiger partial charge in [-0.05, 0) is 47.3 Å². The average molecular weight is 349 g/mol. The molecule has 0 aliphatic heterocycles. The monoisotopic (exact) mass is 348 g/mol. The summed E-state index contributed by atoms with van der Waals surface area (Å²) in [5.74, 6) is 0.143. The predicted octanol–water partition coefficient (Wildman–Crippen LogP) is 4.72. The molecule has 0 saturated carbocycles. The molecule has 0 atom stereocenters. The Hall–Kier alpha value is -2.82. The van der Waals surface area contributed by atoms with Gasteiger partial charge in [0.05, 0.1) is 23.3 Å². The lowest BCUT2D eigenvalue weighted by atomic mass is 9.97. The summed E-state index contributed by atoms with van der Waals surface area (Å²) in [6, 6.07) is 18.2. The van der Waals surface area contributed by atoms with Crippen molar-refractivity contribution in [2.24, 2.45) is 0 Å². The van der Waals surface area contributed by atoms with Crippen molar-refractivity contribution in [2.75, 3.05) is 0 Å². The van der Waals surface area contributed by atoms with E-state index in [1.165, 1.54) is 6.07 Å². The highest BCUT2D eigenvalue weighted by Crippen LogP contribution is 2.37. The van der Waals surface area contributed by atoms with E-state index in [4.69, 9.17) is 10.5 Å². The smallest absolute Gasteiger partial charge is 0.131 e. The molecular weight excluding hydrogens is 340 g/mol. The van der Waals surface area contributed by atoms with Crippen LogP contribution in [0, 0.1) is 22.7 Å². The summed E-state index contributed by atoms with van der Waals surface area (Å²) in [7, 11) is 0. The first-order chi connectivity index (χ1) is 10.6. The number of phenolic OH excluding ortho intramolecular Hbond substituents is 1. The second-order valence-corrected chi connectivity index (χ2v) is 5.77. The number of hydrogen-bond donors (Lipinski definition) is 1. The molecule has 0 aromatic heterocycles. The summed E-state index contributed by atoms with van der Waals surface area (Å²) >= 11 is 3.40. The summed E-state index contributed by atoms with van der Waals surface area (Å²) in [6.45, 7) is 0. The van der Waals surface area contributed by atoms with Gasteiger partial charge in [0.25, 0.3) is 0 Å². The molecule has 0 heterocycles. The van der Waals surface area contributed by atoms with Crippen LogP contribution >= 0.6 is 15.9 Å². The first kappa shape index (κ1) is 14.1. The molecule has 0 unspecified atom stereocenters. The minimum absolute atomic E-state index is 0.143. The standard InChI is InChI=1S/C18H9BrN2O/c19-15-2-4-16-13(8-15)1-3-17(18(16)22)14-6-11(9-20)5-12(7-14)10-21/h1-8,22H. The van der Waals surface area contributed by atoms with Crippen molar-refractivity contribution in [2.45, 2.75) is 0 Å². The SMILES string of the molecule is N#Cc1cc(C#N)cc(-c2ccc3cc(Br)ccc3c2O)c1. The number of rotatable bonds is 1. The fourth-order valence-electron chi connectivity index (χ4n) is 2.43. The summed E-state index contributed by atoms with van der Waals surface area (Å²) in [6.07, 6.45) is 0. The third-order valence-electron chi connectivity index (χ3n) is 3.46. The molecule has 4 heteroatoms. The summed E-state index contributed by atoms with van der Waals surface area (Å²) in [5.41, 5.74) is 2.04. The van der Waals surface area contributed by atoms with Gasteiger partial charge in [0, 0.05) is 15.4 Å². The molecule has 3 aromatic rings. The van der Waals surface area contributed by atoms with E-state index in [1.54, 1.807) is 18.2 Å². The maximum Gasteiger partial charge on any atom is 0.131 e. The Bertz CT molecular complexity index is 949. The summed E-state index contributed by atoms with van der Waals surface area (Å²) < 4.78 is 0.936. The number of phenols is 1. The van der Waals surface area contributed by atoms with Gasteiger partial charge in [0.1, 0.15) is 5.75 Å². The Balaban J connectivity index is 2.27. The molecule has 0 spiro atoms. The van der Waals surface area contributed by atoms with E-state index >= 15 is 0 Å². The maximum absolute atomic E-state index is 10.5. The number of halogens is 1. The van der Waals surface area contributed by atoms with Crippen LogP contribution in [0.1, 0.15) is 11.1 Å². The van der Waals surface area contributed by atoms with E-state index in [1.807, 2.05) is 36.4 Å². The van der Waals surface area contributed by atoms with Gasteiger partial charge < -0.3 is 5.11 Å². The Labute approximate surface area is 135 Å². The lowest BCUT2D eigenvalue weighted by Crippen LogP contribution is -1.86. The van der Waals surface area contributed by atoms with Crippen LogP contribution in [0.25, 0.3) is 21.9 Å². The van der Waals surface area contributed by atoms with Crippen molar-refractivity contribution in [1.29, 1.82) is 10.5 Å². The van der Waals surface area contributed by atoms with Crippen LogP contribution in [0.15, 0.2) is 53.0 Å². The van der Waals surface area contributed by atoms with Gasteiger partial charge in [-0.3, -0.25) is 0 Å². The molecule has 22 heavy (non-hydrogen) atoms. The Morgan fingerprint density at radius 3 is 2.18 bits per heavy atom. The quantitative estimate of drug-likeness (QED) is 0.691. The van der Waals surface area contributed by atoms with Gasteiger partial charge in [0.2, 0.25) is 0 Å². The third-order valence-corrected chi connectivity index (χ3v) is 3.95. The van der Waals surface area contributed by atoms with Crippen molar-refractivity contribution in [1.82, 2.24) is 0 Å². The molecular formula is C18H9BrN2O. The summed E-state index contributed by atoms with van der Waals surface area (Å²) in [5, 5.41) is 30.3. The maximum atomic E-state index is 10.5. The molecule has 0 bridgehead atoms. The molecule has 3 nitrogen and oxygen atoms in total. The molecule has 1 N–H and O–H groups in total. The van der Waals surface area contributed by atoms with Crippen molar-refractivity contribution in [3.8, 4) is 29.0 Å². The van der Waals surface area contributed by atoms with E-state index in [0.29, 0.717) is 22.3 Å². The minimum Gasteiger partial charge on any atom is -0.507 e. The lowest BCUT2D eigenvalue weighted by Gasteiger charge is -2.09. The zero-order chi connectivity index (χ0) is 15.7. The van der Waals surface area contributed by atoms with Crippen molar-refractivity contribution < 1.29 is 5.11 Å². The number of aromatic hydroxyl groups is 1. The zero-order valence-corrected chi connectivity index (χ0v) is 12.9. The van der Waals surface area contributed by atoms with Crippen LogP contribution in [0.2, 0.25) is 0 Å². The van der Waals surface area contributed by atoms with Crippen LogP contribution in [0.4, 0.5) is 0 Å². The molecule has 0 aliphatic rings. The fraction of sp³-hybridized carbons (Fsp3) is 0. The van der Waals surface area contributed by atoms with Gasteiger partial charge >= 0.3 is 0 Å². The highest BCUT2D eigenvalue weighted by Gasteiger charge is 2.11. The predicted molar refractivity (Wildman–Crippen MR) is 88.2 cm³/mol. The van der Waals surface area contributed by atoms with Gasteiger partial charge in [-0.25, -0.2) is 0 Å². The number of nitrogens with zero attached hydrogens (tertiary/aromatic N) is 2. The van der Waals surface area contributed by atoms with E-state index in [0.717, 1.165) is 15.2 Å². The third kappa shape index (κ3) is 2.41. The normalized spacial score (nSPS) is 10.1. The van der Waals surface area contributed by atoms with E-state index in [2.05, 4.69) is 15.9 Å². The van der Waals surface area contributed by atoms with Crippen LogP contribution in [0.5, 0.6) is 5.75 Å².